The van der Waals surface area contributed by atoms with Gasteiger partial charge in [-0.25, -0.2) is 4.98 Å². The SMILES string of the molecule is CC(Cc1nccn1C)C(C)NC1CC1. The maximum atomic E-state index is 4.37. The van der Waals surface area contributed by atoms with Crippen molar-refractivity contribution in [1.82, 2.24) is 14.9 Å². The van der Waals surface area contributed by atoms with Gasteiger partial charge in [-0.3, -0.25) is 0 Å². The molecule has 1 saturated carbocycles. The van der Waals surface area contributed by atoms with Gasteiger partial charge >= 0.3 is 0 Å². The zero-order valence-electron chi connectivity index (χ0n) is 9.90. The highest BCUT2D eigenvalue weighted by molar-refractivity contribution is 4.94. The summed E-state index contributed by atoms with van der Waals surface area (Å²) in [5.74, 6) is 1.83. The molecule has 1 N–H and O–H groups in total. The summed E-state index contributed by atoms with van der Waals surface area (Å²) < 4.78 is 2.11. The molecule has 0 spiro atoms. The molecule has 0 saturated heterocycles. The summed E-state index contributed by atoms with van der Waals surface area (Å²) in [5.41, 5.74) is 0. The Balaban J connectivity index is 1.85. The summed E-state index contributed by atoms with van der Waals surface area (Å²) in [7, 11) is 2.06. The van der Waals surface area contributed by atoms with Crippen LogP contribution in [-0.2, 0) is 13.5 Å². The van der Waals surface area contributed by atoms with E-state index in [0.717, 1.165) is 12.5 Å². The average molecular weight is 207 g/mol. The number of hydrogen-bond acceptors (Lipinski definition) is 2. The number of rotatable bonds is 5. The molecule has 15 heavy (non-hydrogen) atoms. The Morgan fingerprint density at radius 3 is 2.80 bits per heavy atom. The summed E-state index contributed by atoms with van der Waals surface area (Å²) in [4.78, 5) is 4.37. The Morgan fingerprint density at radius 2 is 2.27 bits per heavy atom. The summed E-state index contributed by atoms with van der Waals surface area (Å²) in [6.07, 6.45) is 7.67. The first kappa shape index (κ1) is 10.7. The van der Waals surface area contributed by atoms with Gasteiger partial charge in [0, 0.05) is 37.9 Å². The van der Waals surface area contributed by atoms with Crippen molar-refractivity contribution < 1.29 is 0 Å². The van der Waals surface area contributed by atoms with Crippen LogP contribution in [-0.4, -0.2) is 21.6 Å². The van der Waals surface area contributed by atoms with Gasteiger partial charge in [-0.1, -0.05) is 6.92 Å². The van der Waals surface area contributed by atoms with Crippen LogP contribution in [0.25, 0.3) is 0 Å². The molecule has 0 amide bonds. The fraction of sp³-hybridized carbons (Fsp3) is 0.750. The molecule has 0 aliphatic heterocycles. The number of aromatic nitrogens is 2. The van der Waals surface area contributed by atoms with E-state index < -0.39 is 0 Å². The Labute approximate surface area is 91.9 Å². The third-order valence-electron chi connectivity index (χ3n) is 3.36. The fourth-order valence-electron chi connectivity index (χ4n) is 1.84. The summed E-state index contributed by atoms with van der Waals surface area (Å²) >= 11 is 0. The minimum atomic E-state index is 0.592. The first-order valence-electron chi connectivity index (χ1n) is 5.89. The number of imidazole rings is 1. The van der Waals surface area contributed by atoms with E-state index in [0.29, 0.717) is 12.0 Å². The normalized spacial score (nSPS) is 20.2. The highest BCUT2D eigenvalue weighted by Gasteiger charge is 2.25. The molecule has 2 rings (SSSR count). The van der Waals surface area contributed by atoms with Gasteiger partial charge < -0.3 is 9.88 Å². The second kappa shape index (κ2) is 4.35. The predicted molar refractivity (Wildman–Crippen MR) is 61.7 cm³/mol. The molecule has 1 aromatic rings. The monoisotopic (exact) mass is 207 g/mol. The van der Waals surface area contributed by atoms with Gasteiger partial charge in [-0.15, -0.1) is 0 Å². The van der Waals surface area contributed by atoms with Gasteiger partial charge in [0.15, 0.2) is 0 Å². The van der Waals surface area contributed by atoms with E-state index >= 15 is 0 Å². The lowest BCUT2D eigenvalue weighted by Gasteiger charge is -2.20. The topological polar surface area (TPSA) is 29.9 Å². The lowest BCUT2D eigenvalue weighted by atomic mass is 9.99. The van der Waals surface area contributed by atoms with Crippen molar-refractivity contribution in [2.45, 2.75) is 45.2 Å². The van der Waals surface area contributed by atoms with Crippen molar-refractivity contribution >= 4 is 0 Å². The van der Waals surface area contributed by atoms with Crippen LogP contribution in [0, 0.1) is 5.92 Å². The molecule has 0 aromatic carbocycles. The van der Waals surface area contributed by atoms with E-state index in [4.69, 9.17) is 0 Å². The second-order valence-corrected chi connectivity index (χ2v) is 4.87. The Hall–Kier alpha value is -0.830. The number of nitrogens with zero attached hydrogens (tertiary/aromatic N) is 2. The van der Waals surface area contributed by atoms with Crippen LogP contribution in [0.5, 0.6) is 0 Å². The maximum Gasteiger partial charge on any atom is 0.108 e. The second-order valence-electron chi connectivity index (χ2n) is 4.87. The molecule has 1 fully saturated rings. The van der Waals surface area contributed by atoms with Crippen LogP contribution in [0.3, 0.4) is 0 Å². The van der Waals surface area contributed by atoms with Crippen LogP contribution in [0.1, 0.15) is 32.5 Å². The molecule has 84 valence electrons. The van der Waals surface area contributed by atoms with Crippen molar-refractivity contribution in [3.8, 4) is 0 Å². The van der Waals surface area contributed by atoms with Crippen molar-refractivity contribution in [3.63, 3.8) is 0 Å². The van der Waals surface area contributed by atoms with Gasteiger partial charge in [-0.2, -0.15) is 0 Å². The van der Waals surface area contributed by atoms with Gasteiger partial charge in [-0.05, 0) is 25.7 Å². The Kier molecular flexibility index (Phi) is 3.10. The van der Waals surface area contributed by atoms with Gasteiger partial charge in [0.2, 0.25) is 0 Å². The Morgan fingerprint density at radius 1 is 1.53 bits per heavy atom. The summed E-state index contributed by atoms with van der Waals surface area (Å²) in [6.45, 7) is 4.58. The van der Waals surface area contributed by atoms with E-state index in [1.165, 1.54) is 18.7 Å². The molecule has 1 heterocycles. The first-order valence-corrected chi connectivity index (χ1v) is 5.89. The molecule has 2 atom stereocenters. The smallest absolute Gasteiger partial charge is 0.108 e. The minimum absolute atomic E-state index is 0.592. The zero-order valence-corrected chi connectivity index (χ0v) is 9.90. The van der Waals surface area contributed by atoms with E-state index in [1.54, 1.807) is 0 Å². The van der Waals surface area contributed by atoms with E-state index in [2.05, 4.69) is 35.8 Å². The first-order chi connectivity index (χ1) is 7.16. The number of aryl methyl sites for hydroxylation is 1. The molecular formula is C12H21N3. The van der Waals surface area contributed by atoms with Crippen LogP contribution in [0.15, 0.2) is 12.4 Å². The average Bonchev–Trinajstić information content (AvgIpc) is 2.92. The molecule has 3 heteroatoms. The van der Waals surface area contributed by atoms with E-state index in [1.807, 2.05) is 12.4 Å². The van der Waals surface area contributed by atoms with Crippen LogP contribution in [0.2, 0.25) is 0 Å². The molecule has 1 aromatic heterocycles. The molecule has 2 unspecified atom stereocenters. The predicted octanol–water partition coefficient (Wildman–Crippen LogP) is 1.74. The quantitative estimate of drug-likeness (QED) is 0.797. The molecule has 1 aliphatic rings. The van der Waals surface area contributed by atoms with Crippen molar-refractivity contribution in [2.24, 2.45) is 13.0 Å². The highest BCUT2D eigenvalue weighted by atomic mass is 15.0. The van der Waals surface area contributed by atoms with Crippen molar-refractivity contribution in [3.05, 3.63) is 18.2 Å². The van der Waals surface area contributed by atoms with Gasteiger partial charge in [0.1, 0.15) is 5.82 Å². The molecule has 3 nitrogen and oxygen atoms in total. The van der Waals surface area contributed by atoms with Crippen molar-refractivity contribution in [2.75, 3.05) is 0 Å². The van der Waals surface area contributed by atoms with Crippen molar-refractivity contribution in [1.29, 1.82) is 0 Å². The minimum Gasteiger partial charge on any atom is -0.338 e. The van der Waals surface area contributed by atoms with Crippen LogP contribution < -0.4 is 5.32 Å². The Bertz CT molecular complexity index is 314. The zero-order chi connectivity index (χ0) is 10.8. The van der Waals surface area contributed by atoms with E-state index in [-0.39, 0.29) is 0 Å². The molecule has 1 aliphatic carbocycles. The summed E-state index contributed by atoms with van der Waals surface area (Å²) in [5, 5.41) is 3.65. The molecular weight excluding hydrogens is 186 g/mol. The van der Waals surface area contributed by atoms with Gasteiger partial charge in [0.05, 0.1) is 0 Å². The summed E-state index contributed by atoms with van der Waals surface area (Å²) in [6, 6.07) is 1.39. The van der Waals surface area contributed by atoms with Gasteiger partial charge in [0.25, 0.3) is 0 Å². The lowest BCUT2D eigenvalue weighted by molar-refractivity contribution is 0.387. The highest BCUT2D eigenvalue weighted by Crippen LogP contribution is 2.21. The number of hydrogen-bond donors (Lipinski definition) is 1. The third-order valence-corrected chi connectivity index (χ3v) is 3.36. The van der Waals surface area contributed by atoms with E-state index in [9.17, 15) is 0 Å². The lowest BCUT2D eigenvalue weighted by Crippen LogP contribution is -2.35. The third kappa shape index (κ3) is 2.81. The number of nitrogens with one attached hydrogen (secondary N) is 1. The largest absolute Gasteiger partial charge is 0.338 e. The molecule has 0 bridgehead atoms. The maximum absolute atomic E-state index is 4.37. The standard InChI is InChI=1S/C12H21N3/c1-9(10(2)14-11-4-5-11)8-12-13-6-7-15(12)3/h6-7,9-11,14H,4-5,8H2,1-3H3. The van der Waals surface area contributed by atoms with Crippen LogP contribution in [0.4, 0.5) is 0 Å². The molecule has 0 radical (unpaired) electrons. The fourth-order valence-corrected chi connectivity index (χ4v) is 1.84. The van der Waals surface area contributed by atoms with Crippen LogP contribution >= 0.6 is 0 Å².